The fourth-order valence-corrected chi connectivity index (χ4v) is 10.5. The Morgan fingerprint density at radius 3 is 1.85 bits per heavy atom. The lowest BCUT2D eigenvalue weighted by molar-refractivity contribution is 1.10. The quantitative estimate of drug-likeness (QED) is 0.178. The van der Waals surface area contributed by atoms with E-state index in [9.17, 15) is 0 Å². The summed E-state index contributed by atoms with van der Waals surface area (Å²) < 4.78 is 2.25. The van der Waals surface area contributed by atoms with Crippen LogP contribution in [0.5, 0.6) is 0 Å². The van der Waals surface area contributed by atoms with Crippen LogP contribution in [0.1, 0.15) is 0 Å². The Bertz CT molecular complexity index is 2480. The highest BCUT2D eigenvalue weighted by atomic mass is 28.3. The predicted octanol–water partition coefficient (Wildman–Crippen LogP) is 9.29. The molecule has 0 saturated heterocycles. The molecule has 0 spiro atoms. The predicted molar refractivity (Wildman–Crippen MR) is 201 cm³/mol. The first kappa shape index (κ1) is 28.3. The number of imidazole rings is 1. The van der Waals surface area contributed by atoms with Gasteiger partial charge in [-0.2, -0.15) is 0 Å². The monoisotopic (exact) mass is 632 g/mol. The van der Waals surface area contributed by atoms with E-state index >= 15 is 0 Å². The van der Waals surface area contributed by atoms with Crippen molar-refractivity contribution in [3.8, 4) is 62.1 Å². The summed E-state index contributed by atoms with van der Waals surface area (Å²) in [6.45, 7) is 4.85. The minimum absolute atomic E-state index is 0.748. The number of nitrogens with zero attached hydrogens (tertiary/aromatic N) is 4. The molecule has 1 aliphatic heterocycles. The summed E-state index contributed by atoms with van der Waals surface area (Å²) in [5.41, 5.74) is 11.9. The molecule has 9 rings (SSSR count). The zero-order chi connectivity index (χ0) is 32.2. The smallest absolute Gasteiger partial charge is 0.160 e. The Balaban J connectivity index is 1.18. The van der Waals surface area contributed by atoms with Crippen molar-refractivity contribution < 1.29 is 0 Å². The van der Waals surface area contributed by atoms with Crippen LogP contribution in [0.4, 0.5) is 0 Å². The van der Waals surface area contributed by atoms with Crippen molar-refractivity contribution in [2.45, 2.75) is 13.1 Å². The van der Waals surface area contributed by atoms with Crippen LogP contribution in [-0.2, 0) is 0 Å². The summed E-state index contributed by atoms with van der Waals surface area (Å²) in [4.78, 5) is 15.8. The molecule has 3 heterocycles. The highest BCUT2D eigenvalue weighted by molar-refractivity contribution is 7.04. The number of fused-ring (bicyclic) bond motifs is 4. The van der Waals surface area contributed by atoms with Gasteiger partial charge in [-0.3, -0.25) is 4.57 Å². The Labute approximate surface area is 281 Å². The first-order chi connectivity index (χ1) is 23.6. The van der Waals surface area contributed by atoms with E-state index in [2.05, 4.69) is 163 Å². The number of benzene rings is 6. The largest absolute Gasteiger partial charge is 0.292 e. The van der Waals surface area contributed by atoms with Crippen LogP contribution < -0.4 is 10.4 Å². The van der Waals surface area contributed by atoms with Crippen molar-refractivity contribution >= 4 is 29.5 Å². The summed E-state index contributed by atoms with van der Waals surface area (Å²) in [7, 11) is -2.01. The van der Waals surface area contributed by atoms with Gasteiger partial charge in [-0.15, -0.1) is 0 Å². The Hall–Kier alpha value is -5.91. The van der Waals surface area contributed by atoms with Crippen LogP contribution in [0, 0.1) is 0 Å². The Morgan fingerprint density at radius 1 is 0.479 bits per heavy atom. The molecule has 4 nitrogen and oxygen atoms in total. The van der Waals surface area contributed by atoms with Crippen molar-refractivity contribution in [3.05, 3.63) is 158 Å². The van der Waals surface area contributed by atoms with Crippen LogP contribution >= 0.6 is 0 Å². The average molecular weight is 633 g/mol. The van der Waals surface area contributed by atoms with Crippen molar-refractivity contribution in [2.24, 2.45) is 0 Å². The van der Waals surface area contributed by atoms with Crippen LogP contribution in [-0.4, -0.2) is 27.6 Å². The standard InChI is InChI=1S/C43H32N4Si/c1-48(2)38-26-12-9-23-35(38)40-41(48)39(29-15-5-3-6-16-29)45-42(46-40)32-19-13-17-30(27-32)31-18-14-20-33(28-31)43-44-36-24-10-11-25-37(36)47(43)34-21-7-4-8-22-34/h3-28H,1-2H3. The topological polar surface area (TPSA) is 43.6 Å². The molecule has 0 saturated carbocycles. The van der Waals surface area contributed by atoms with Gasteiger partial charge in [0.15, 0.2) is 5.82 Å². The molecule has 0 amide bonds. The molecule has 0 unspecified atom stereocenters. The van der Waals surface area contributed by atoms with Crippen LogP contribution in [0.25, 0.3) is 73.1 Å². The van der Waals surface area contributed by atoms with E-state index in [0.29, 0.717) is 0 Å². The molecule has 0 fully saturated rings. The third-order valence-electron chi connectivity index (χ3n) is 9.59. The first-order valence-corrected chi connectivity index (χ1v) is 19.4. The summed E-state index contributed by atoms with van der Waals surface area (Å²) in [5.74, 6) is 1.67. The average Bonchev–Trinajstić information content (AvgIpc) is 3.65. The molecular formula is C43H32N4Si. The van der Waals surface area contributed by atoms with Crippen LogP contribution in [0.3, 0.4) is 0 Å². The molecule has 0 atom stereocenters. The lowest BCUT2D eigenvalue weighted by atomic mass is 10.00. The van der Waals surface area contributed by atoms with E-state index in [0.717, 1.165) is 67.6 Å². The zero-order valence-corrected chi connectivity index (χ0v) is 27.8. The molecule has 48 heavy (non-hydrogen) atoms. The van der Waals surface area contributed by atoms with Gasteiger partial charge in [-0.05, 0) is 63.5 Å². The molecular weight excluding hydrogens is 601 g/mol. The van der Waals surface area contributed by atoms with E-state index < -0.39 is 8.07 Å². The van der Waals surface area contributed by atoms with Gasteiger partial charge < -0.3 is 0 Å². The second-order valence-electron chi connectivity index (χ2n) is 12.9. The Kier molecular flexibility index (Phi) is 6.56. The molecule has 228 valence electrons. The van der Waals surface area contributed by atoms with Crippen molar-refractivity contribution in [3.63, 3.8) is 0 Å². The van der Waals surface area contributed by atoms with Gasteiger partial charge in [0.1, 0.15) is 13.9 Å². The fourth-order valence-electron chi connectivity index (χ4n) is 7.28. The van der Waals surface area contributed by atoms with Crippen molar-refractivity contribution in [1.29, 1.82) is 0 Å². The van der Waals surface area contributed by atoms with E-state index in [1.807, 2.05) is 12.1 Å². The van der Waals surface area contributed by atoms with Crippen LogP contribution in [0.15, 0.2) is 158 Å². The molecule has 0 radical (unpaired) electrons. The molecule has 6 aromatic carbocycles. The van der Waals surface area contributed by atoms with Gasteiger partial charge in [-0.25, -0.2) is 15.0 Å². The maximum atomic E-state index is 5.34. The molecule has 0 N–H and O–H groups in total. The molecule has 0 bridgehead atoms. The molecule has 8 aromatic rings. The fraction of sp³-hybridized carbons (Fsp3) is 0.0465. The van der Waals surface area contributed by atoms with E-state index in [4.69, 9.17) is 15.0 Å². The zero-order valence-electron chi connectivity index (χ0n) is 26.8. The minimum Gasteiger partial charge on any atom is -0.292 e. The van der Waals surface area contributed by atoms with Crippen molar-refractivity contribution in [1.82, 2.24) is 19.5 Å². The Morgan fingerprint density at radius 2 is 1.06 bits per heavy atom. The highest BCUT2D eigenvalue weighted by Crippen LogP contribution is 2.35. The number of hydrogen-bond acceptors (Lipinski definition) is 3. The summed E-state index contributed by atoms with van der Waals surface area (Å²) in [6.07, 6.45) is 0. The first-order valence-electron chi connectivity index (χ1n) is 16.4. The number of rotatable bonds is 5. The molecule has 2 aromatic heterocycles. The van der Waals surface area contributed by atoms with Crippen molar-refractivity contribution in [2.75, 3.05) is 0 Å². The summed E-state index contributed by atoms with van der Waals surface area (Å²) >= 11 is 0. The second kappa shape index (κ2) is 11.1. The van der Waals surface area contributed by atoms with Gasteiger partial charge in [0.2, 0.25) is 0 Å². The second-order valence-corrected chi connectivity index (χ2v) is 17.2. The van der Waals surface area contributed by atoms with E-state index in [1.165, 1.54) is 15.9 Å². The third kappa shape index (κ3) is 4.54. The summed E-state index contributed by atoms with van der Waals surface area (Å²) in [5, 5.41) is 2.75. The van der Waals surface area contributed by atoms with Gasteiger partial charge in [-0.1, -0.05) is 134 Å². The number of para-hydroxylation sites is 3. The summed E-state index contributed by atoms with van der Waals surface area (Å²) in [6, 6.07) is 55.5. The number of hydrogen-bond donors (Lipinski definition) is 0. The lowest BCUT2D eigenvalue weighted by Gasteiger charge is -2.21. The molecule has 0 aliphatic carbocycles. The maximum absolute atomic E-state index is 5.34. The van der Waals surface area contributed by atoms with Crippen LogP contribution in [0.2, 0.25) is 13.1 Å². The van der Waals surface area contributed by atoms with Gasteiger partial charge >= 0.3 is 0 Å². The highest BCUT2D eigenvalue weighted by Gasteiger charge is 2.41. The lowest BCUT2D eigenvalue weighted by Crippen LogP contribution is -2.50. The van der Waals surface area contributed by atoms with E-state index in [1.54, 1.807) is 0 Å². The normalized spacial score (nSPS) is 13.0. The molecule has 1 aliphatic rings. The van der Waals surface area contributed by atoms with E-state index in [-0.39, 0.29) is 0 Å². The molecule has 5 heteroatoms. The van der Waals surface area contributed by atoms with Gasteiger partial charge in [0, 0.05) is 22.4 Å². The van der Waals surface area contributed by atoms with Gasteiger partial charge in [0.05, 0.1) is 22.4 Å². The van der Waals surface area contributed by atoms with Gasteiger partial charge in [0.25, 0.3) is 0 Å². The number of aromatic nitrogens is 4. The maximum Gasteiger partial charge on any atom is 0.160 e. The SMILES string of the molecule is C[Si]1(C)c2ccccc2-c2nc(-c3cccc(-c4cccc(-c5nc6ccccc6n5-c5ccccc5)c4)c3)nc(-c3ccccc3)c21. The third-order valence-corrected chi connectivity index (χ3v) is 13.1. The minimum atomic E-state index is -2.01.